The van der Waals surface area contributed by atoms with E-state index in [-0.39, 0.29) is 5.91 Å². The summed E-state index contributed by atoms with van der Waals surface area (Å²) in [5.74, 6) is -1.78. The summed E-state index contributed by atoms with van der Waals surface area (Å²) in [5, 5.41) is 5.92. The first-order chi connectivity index (χ1) is 16.4. The number of hydrogen-bond donors (Lipinski definition) is 2. The lowest BCUT2D eigenvalue weighted by Crippen LogP contribution is -2.43. The van der Waals surface area contributed by atoms with Crippen LogP contribution in [-0.2, 0) is 29.8 Å². The van der Waals surface area contributed by atoms with Crippen molar-refractivity contribution in [3.8, 4) is 0 Å². The molecule has 1 saturated heterocycles. The van der Waals surface area contributed by atoms with Crippen molar-refractivity contribution in [1.82, 2.24) is 10.6 Å². The van der Waals surface area contributed by atoms with E-state index in [1.807, 2.05) is 36.4 Å². The SMILES string of the molecule is CC(O[PH](=O)CC(=O)OC(=O)[C@@H]1CCCN1)C(CCc1ccccc1)NC(=O)c1ccccc1. The molecule has 1 aliphatic heterocycles. The van der Waals surface area contributed by atoms with Crippen LogP contribution < -0.4 is 10.6 Å². The Morgan fingerprint density at radius 1 is 1.09 bits per heavy atom. The van der Waals surface area contributed by atoms with Gasteiger partial charge in [-0.3, -0.25) is 14.2 Å². The number of carbonyl (C=O) groups excluding carboxylic acids is 3. The molecule has 3 unspecified atom stereocenters. The van der Waals surface area contributed by atoms with Crippen LogP contribution in [0.15, 0.2) is 60.7 Å². The quantitative estimate of drug-likeness (QED) is 0.285. The molecule has 34 heavy (non-hydrogen) atoms. The Bertz CT molecular complexity index is 979. The zero-order valence-electron chi connectivity index (χ0n) is 19.2. The molecule has 1 aliphatic rings. The predicted molar refractivity (Wildman–Crippen MR) is 129 cm³/mol. The van der Waals surface area contributed by atoms with E-state index in [1.54, 1.807) is 31.2 Å². The first kappa shape index (κ1) is 25.8. The van der Waals surface area contributed by atoms with E-state index < -0.39 is 44.3 Å². The Labute approximate surface area is 200 Å². The molecule has 8 nitrogen and oxygen atoms in total. The number of amides is 1. The van der Waals surface area contributed by atoms with Crippen LogP contribution in [-0.4, -0.2) is 48.7 Å². The van der Waals surface area contributed by atoms with Gasteiger partial charge in [0, 0.05) is 5.56 Å². The summed E-state index contributed by atoms with van der Waals surface area (Å²) in [7, 11) is -2.83. The molecule has 3 rings (SSSR count). The third kappa shape index (κ3) is 8.20. The Morgan fingerprint density at radius 3 is 2.41 bits per heavy atom. The fourth-order valence-electron chi connectivity index (χ4n) is 3.79. The van der Waals surface area contributed by atoms with Crippen LogP contribution in [0, 0.1) is 0 Å². The van der Waals surface area contributed by atoms with Crippen molar-refractivity contribution in [2.45, 2.75) is 50.8 Å². The molecular weight excluding hydrogens is 455 g/mol. The summed E-state index contributed by atoms with van der Waals surface area (Å²) in [6.45, 7) is 2.41. The lowest BCUT2D eigenvalue weighted by atomic mass is 10.0. The molecule has 2 aromatic carbocycles. The molecule has 2 N–H and O–H groups in total. The van der Waals surface area contributed by atoms with E-state index in [0.717, 1.165) is 12.0 Å². The van der Waals surface area contributed by atoms with Gasteiger partial charge in [0.15, 0.2) is 0 Å². The number of rotatable bonds is 11. The standard InChI is InChI=1S/C25H31N2O6P/c1-18(33-34(31)17-23(28)32-25(30)22-13-8-16-26-22)21(15-14-19-9-4-2-5-10-19)27-24(29)20-11-6-3-7-12-20/h2-7,9-12,18,21-22,26,34H,8,13-17H2,1H3,(H,27,29)/t18?,21?,22-/m0/s1. The molecular formula is C25H31N2O6P. The average Bonchev–Trinajstić information content (AvgIpc) is 3.38. The lowest BCUT2D eigenvalue weighted by molar-refractivity contribution is -0.159. The van der Waals surface area contributed by atoms with Crippen molar-refractivity contribution in [2.75, 3.05) is 12.7 Å². The lowest BCUT2D eigenvalue weighted by Gasteiger charge is -2.25. The number of esters is 2. The summed E-state index contributed by atoms with van der Waals surface area (Å²) in [6.07, 6.45) is 1.56. The number of nitrogens with one attached hydrogen (secondary N) is 2. The van der Waals surface area contributed by atoms with Crippen LogP contribution in [0.4, 0.5) is 0 Å². The van der Waals surface area contributed by atoms with Crippen LogP contribution in [0.25, 0.3) is 0 Å². The fraction of sp³-hybridized carbons (Fsp3) is 0.400. The molecule has 0 bridgehead atoms. The third-order valence-corrected chi connectivity index (χ3v) is 6.88. The summed E-state index contributed by atoms with van der Waals surface area (Å²) < 4.78 is 23.0. The highest BCUT2D eigenvalue weighted by Gasteiger charge is 2.27. The van der Waals surface area contributed by atoms with E-state index >= 15 is 0 Å². The minimum atomic E-state index is -2.83. The highest BCUT2D eigenvalue weighted by Crippen LogP contribution is 2.27. The van der Waals surface area contributed by atoms with Crippen LogP contribution in [0.5, 0.6) is 0 Å². The number of ether oxygens (including phenoxy) is 1. The van der Waals surface area contributed by atoms with E-state index in [0.29, 0.717) is 31.4 Å². The Morgan fingerprint density at radius 2 is 1.76 bits per heavy atom. The Kier molecular flexibility index (Phi) is 10.0. The highest BCUT2D eigenvalue weighted by molar-refractivity contribution is 7.40. The molecule has 1 fully saturated rings. The monoisotopic (exact) mass is 486 g/mol. The fourth-order valence-corrected chi connectivity index (χ4v) is 4.76. The summed E-state index contributed by atoms with van der Waals surface area (Å²) >= 11 is 0. The largest absolute Gasteiger partial charge is 0.392 e. The first-order valence-electron chi connectivity index (χ1n) is 11.5. The summed E-state index contributed by atoms with van der Waals surface area (Å²) in [4.78, 5) is 36.7. The van der Waals surface area contributed by atoms with Crippen LogP contribution in [0.1, 0.15) is 42.1 Å². The van der Waals surface area contributed by atoms with E-state index in [9.17, 15) is 18.9 Å². The zero-order chi connectivity index (χ0) is 24.3. The van der Waals surface area contributed by atoms with Crippen LogP contribution in [0.3, 0.4) is 0 Å². The molecule has 0 aromatic heterocycles. The highest BCUT2D eigenvalue weighted by atomic mass is 31.1. The Hall–Kier alpha value is -2.80. The van der Waals surface area contributed by atoms with Crippen LogP contribution >= 0.6 is 8.03 Å². The topological polar surface area (TPSA) is 111 Å². The van der Waals surface area contributed by atoms with Crippen molar-refractivity contribution >= 4 is 25.9 Å². The van der Waals surface area contributed by atoms with Gasteiger partial charge in [-0.2, -0.15) is 0 Å². The van der Waals surface area contributed by atoms with Gasteiger partial charge in [-0.15, -0.1) is 0 Å². The molecule has 1 heterocycles. The minimum absolute atomic E-state index is 0.261. The smallest absolute Gasteiger partial charge is 0.330 e. The molecule has 0 aliphatic carbocycles. The van der Waals surface area contributed by atoms with Gasteiger partial charge in [-0.1, -0.05) is 48.5 Å². The van der Waals surface area contributed by atoms with Gasteiger partial charge in [0.05, 0.1) is 12.1 Å². The third-order valence-electron chi connectivity index (χ3n) is 5.67. The number of benzene rings is 2. The van der Waals surface area contributed by atoms with Crippen molar-refractivity contribution < 1.29 is 28.2 Å². The number of carbonyl (C=O) groups is 3. The van der Waals surface area contributed by atoms with Crippen molar-refractivity contribution in [1.29, 1.82) is 0 Å². The second kappa shape index (κ2) is 13.2. The molecule has 1 amide bonds. The van der Waals surface area contributed by atoms with Gasteiger partial charge in [0.25, 0.3) is 5.91 Å². The van der Waals surface area contributed by atoms with Gasteiger partial charge in [0.1, 0.15) is 12.2 Å². The van der Waals surface area contributed by atoms with E-state index in [1.165, 1.54) is 0 Å². The molecule has 0 saturated carbocycles. The summed E-state index contributed by atoms with van der Waals surface area (Å²) in [6, 6.07) is 17.7. The molecule has 182 valence electrons. The average molecular weight is 487 g/mol. The maximum absolute atomic E-state index is 12.7. The molecule has 9 heteroatoms. The first-order valence-corrected chi connectivity index (χ1v) is 13.0. The second-order valence-electron chi connectivity index (χ2n) is 8.28. The number of hydrogen-bond acceptors (Lipinski definition) is 7. The van der Waals surface area contributed by atoms with Gasteiger partial charge >= 0.3 is 11.9 Å². The molecule has 0 spiro atoms. The van der Waals surface area contributed by atoms with Crippen LogP contribution in [0.2, 0.25) is 0 Å². The van der Waals surface area contributed by atoms with Crippen molar-refractivity contribution in [3.05, 3.63) is 71.8 Å². The minimum Gasteiger partial charge on any atom is -0.392 e. The van der Waals surface area contributed by atoms with Crippen molar-refractivity contribution in [3.63, 3.8) is 0 Å². The maximum Gasteiger partial charge on any atom is 0.330 e. The molecule has 4 atom stereocenters. The van der Waals surface area contributed by atoms with Gasteiger partial charge < -0.3 is 19.9 Å². The summed E-state index contributed by atoms with van der Waals surface area (Å²) in [5.41, 5.74) is 1.61. The van der Waals surface area contributed by atoms with Gasteiger partial charge in [-0.25, -0.2) is 4.79 Å². The van der Waals surface area contributed by atoms with E-state index in [2.05, 4.69) is 10.6 Å². The van der Waals surface area contributed by atoms with E-state index in [4.69, 9.17) is 9.26 Å². The number of aryl methyl sites for hydroxylation is 1. The molecule has 0 radical (unpaired) electrons. The Balaban J connectivity index is 1.56. The van der Waals surface area contributed by atoms with Gasteiger partial charge in [-0.05, 0) is 56.8 Å². The normalized spacial score (nSPS) is 18.0. The van der Waals surface area contributed by atoms with Gasteiger partial charge in [0.2, 0.25) is 8.03 Å². The predicted octanol–water partition coefficient (Wildman–Crippen LogP) is 3.12. The second-order valence-corrected chi connectivity index (χ2v) is 9.62. The maximum atomic E-state index is 12.7. The molecule has 2 aromatic rings. The zero-order valence-corrected chi connectivity index (χ0v) is 20.2. The van der Waals surface area contributed by atoms with Crippen molar-refractivity contribution in [2.24, 2.45) is 0 Å².